The highest BCUT2D eigenvalue weighted by Gasteiger charge is 2.29. The zero-order valence-electron chi connectivity index (χ0n) is 13.7. The maximum atomic E-state index is 12.7. The molecule has 1 aromatic carbocycles. The summed E-state index contributed by atoms with van der Waals surface area (Å²) in [4.78, 5) is 25.2. The van der Waals surface area contributed by atoms with Crippen molar-refractivity contribution in [2.24, 2.45) is 0 Å². The van der Waals surface area contributed by atoms with Gasteiger partial charge in [0.2, 0.25) is 21.8 Å². The molecule has 0 saturated carbocycles. The number of sulfonamides is 1. The Labute approximate surface area is 152 Å². The van der Waals surface area contributed by atoms with E-state index in [0.29, 0.717) is 31.7 Å². The number of anilines is 1. The van der Waals surface area contributed by atoms with Gasteiger partial charge < -0.3 is 10.2 Å². The summed E-state index contributed by atoms with van der Waals surface area (Å²) in [7, 11) is -3.67. The molecule has 0 radical (unpaired) electrons. The van der Waals surface area contributed by atoms with Crippen molar-refractivity contribution >= 4 is 39.1 Å². The Hall–Kier alpha value is -1.64. The Morgan fingerprint density at radius 3 is 2.52 bits per heavy atom. The molecule has 0 bridgehead atoms. The van der Waals surface area contributed by atoms with E-state index >= 15 is 0 Å². The predicted molar refractivity (Wildman–Crippen MR) is 93.9 cm³/mol. The van der Waals surface area contributed by atoms with E-state index < -0.39 is 10.0 Å². The van der Waals surface area contributed by atoms with E-state index in [1.54, 1.807) is 6.07 Å². The fraction of sp³-hybridized carbons (Fsp3) is 0.500. The van der Waals surface area contributed by atoms with Crippen molar-refractivity contribution in [3.8, 4) is 0 Å². The zero-order valence-corrected chi connectivity index (χ0v) is 15.3. The van der Waals surface area contributed by atoms with Gasteiger partial charge in [0.1, 0.15) is 4.90 Å². The number of rotatable bonds is 5. The molecule has 2 heterocycles. The summed E-state index contributed by atoms with van der Waals surface area (Å²) in [6.07, 6.45) is 2.88. The van der Waals surface area contributed by atoms with E-state index in [9.17, 15) is 18.0 Å². The van der Waals surface area contributed by atoms with Gasteiger partial charge in [-0.1, -0.05) is 11.6 Å². The standard InChI is InChI=1S/C16H20ClN3O4S/c17-13-6-5-12(18-15(21)11-19-7-3-4-16(19)22)10-14(13)25(23,24)20-8-1-2-9-20/h5-6,10H,1-4,7-9,11H2,(H,18,21). The van der Waals surface area contributed by atoms with Gasteiger partial charge in [-0.25, -0.2) is 8.42 Å². The normalized spacial score (nSPS) is 18.8. The van der Waals surface area contributed by atoms with Crippen molar-refractivity contribution in [3.05, 3.63) is 23.2 Å². The number of hydrogen-bond donors (Lipinski definition) is 1. The molecular weight excluding hydrogens is 366 g/mol. The minimum Gasteiger partial charge on any atom is -0.333 e. The third kappa shape index (κ3) is 3.96. The quantitative estimate of drug-likeness (QED) is 0.835. The van der Waals surface area contributed by atoms with Crippen LogP contribution in [0, 0.1) is 0 Å². The molecule has 1 aromatic rings. The molecule has 2 aliphatic heterocycles. The van der Waals surface area contributed by atoms with Crippen LogP contribution >= 0.6 is 11.6 Å². The molecule has 25 heavy (non-hydrogen) atoms. The Morgan fingerprint density at radius 1 is 1.16 bits per heavy atom. The average Bonchev–Trinajstić information content (AvgIpc) is 3.22. The number of benzene rings is 1. The van der Waals surface area contributed by atoms with Crippen molar-refractivity contribution in [1.29, 1.82) is 0 Å². The first-order chi connectivity index (χ1) is 11.9. The fourth-order valence-electron chi connectivity index (χ4n) is 3.09. The van der Waals surface area contributed by atoms with Gasteiger partial charge in [-0.15, -0.1) is 0 Å². The maximum Gasteiger partial charge on any atom is 0.244 e. The van der Waals surface area contributed by atoms with E-state index in [1.807, 2.05) is 0 Å². The highest BCUT2D eigenvalue weighted by molar-refractivity contribution is 7.89. The molecule has 2 amide bonds. The molecule has 3 rings (SSSR count). The molecule has 2 fully saturated rings. The SMILES string of the molecule is O=C(CN1CCCC1=O)Nc1ccc(Cl)c(S(=O)(=O)N2CCCC2)c1. The minimum atomic E-state index is -3.67. The first-order valence-corrected chi connectivity index (χ1v) is 10.1. The molecule has 0 aliphatic carbocycles. The van der Waals surface area contributed by atoms with E-state index in [-0.39, 0.29) is 28.3 Å². The summed E-state index contributed by atoms with van der Waals surface area (Å²) >= 11 is 6.08. The molecule has 136 valence electrons. The second kappa shape index (κ2) is 7.31. The molecule has 0 spiro atoms. The highest BCUT2D eigenvalue weighted by Crippen LogP contribution is 2.29. The van der Waals surface area contributed by atoms with E-state index in [0.717, 1.165) is 19.3 Å². The number of likely N-dealkylation sites (tertiary alicyclic amines) is 1. The number of nitrogens with one attached hydrogen (secondary N) is 1. The molecule has 0 unspecified atom stereocenters. The van der Waals surface area contributed by atoms with Crippen molar-refractivity contribution in [3.63, 3.8) is 0 Å². The van der Waals surface area contributed by atoms with Crippen LogP contribution in [-0.2, 0) is 19.6 Å². The van der Waals surface area contributed by atoms with Gasteiger partial charge in [0, 0.05) is 31.7 Å². The van der Waals surface area contributed by atoms with Gasteiger partial charge in [-0.2, -0.15) is 4.31 Å². The lowest BCUT2D eigenvalue weighted by Crippen LogP contribution is -2.34. The van der Waals surface area contributed by atoms with Crippen LogP contribution in [-0.4, -0.2) is 55.6 Å². The summed E-state index contributed by atoms with van der Waals surface area (Å²) < 4.78 is 26.8. The van der Waals surface area contributed by atoms with E-state index in [2.05, 4.69) is 5.32 Å². The lowest BCUT2D eigenvalue weighted by atomic mass is 10.3. The zero-order chi connectivity index (χ0) is 18.0. The Balaban J connectivity index is 1.75. The second-order valence-electron chi connectivity index (χ2n) is 6.22. The summed E-state index contributed by atoms with van der Waals surface area (Å²) in [5, 5.41) is 2.77. The molecule has 9 heteroatoms. The van der Waals surface area contributed by atoms with Gasteiger partial charge in [-0.3, -0.25) is 9.59 Å². The number of amides is 2. The van der Waals surface area contributed by atoms with Gasteiger partial charge in [-0.05, 0) is 37.5 Å². The van der Waals surface area contributed by atoms with Crippen molar-refractivity contribution in [2.75, 3.05) is 31.5 Å². The van der Waals surface area contributed by atoms with Crippen LogP contribution in [0.1, 0.15) is 25.7 Å². The Morgan fingerprint density at radius 2 is 1.88 bits per heavy atom. The predicted octanol–water partition coefficient (Wildman–Crippen LogP) is 1.69. The largest absolute Gasteiger partial charge is 0.333 e. The number of carbonyl (C=O) groups excluding carboxylic acids is 2. The number of nitrogens with zero attached hydrogens (tertiary/aromatic N) is 2. The third-order valence-corrected chi connectivity index (χ3v) is 6.78. The molecule has 2 saturated heterocycles. The summed E-state index contributed by atoms with van der Waals surface area (Å²) in [5.74, 6) is -0.398. The van der Waals surface area contributed by atoms with Crippen LogP contribution in [0.25, 0.3) is 0 Å². The molecule has 1 N–H and O–H groups in total. The highest BCUT2D eigenvalue weighted by atomic mass is 35.5. The smallest absolute Gasteiger partial charge is 0.244 e. The van der Waals surface area contributed by atoms with Gasteiger partial charge in [0.15, 0.2) is 0 Å². The third-order valence-electron chi connectivity index (χ3n) is 4.40. The summed E-state index contributed by atoms with van der Waals surface area (Å²) in [6, 6.07) is 4.38. The van der Waals surface area contributed by atoms with Crippen LogP contribution in [0.2, 0.25) is 5.02 Å². The van der Waals surface area contributed by atoms with Gasteiger partial charge >= 0.3 is 0 Å². The van der Waals surface area contributed by atoms with Gasteiger partial charge in [0.05, 0.1) is 11.6 Å². The Bertz CT molecular complexity index is 791. The molecular formula is C16H20ClN3O4S. The number of halogens is 1. The van der Waals surface area contributed by atoms with Crippen LogP contribution in [0.15, 0.2) is 23.1 Å². The topological polar surface area (TPSA) is 86.8 Å². The van der Waals surface area contributed by atoms with E-state index in [1.165, 1.54) is 21.3 Å². The van der Waals surface area contributed by atoms with Crippen LogP contribution in [0.3, 0.4) is 0 Å². The maximum absolute atomic E-state index is 12.7. The molecule has 7 nitrogen and oxygen atoms in total. The second-order valence-corrected chi connectivity index (χ2v) is 8.54. The van der Waals surface area contributed by atoms with Crippen LogP contribution in [0.4, 0.5) is 5.69 Å². The van der Waals surface area contributed by atoms with Crippen molar-refractivity contribution in [2.45, 2.75) is 30.6 Å². The Kier molecular flexibility index (Phi) is 5.31. The summed E-state index contributed by atoms with van der Waals surface area (Å²) in [6.45, 7) is 1.50. The van der Waals surface area contributed by atoms with Crippen LogP contribution in [0.5, 0.6) is 0 Å². The van der Waals surface area contributed by atoms with E-state index in [4.69, 9.17) is 11.6 Å². The fourth-order valence-corrected chi connectivity index (χ4v) is 5.11. The average molecular weight is 386 g/mol. The van der Waals surface area contributed by atoms with Crippen molar-refractivity contribution < 1.29 is 18.0 Å². The number of carbonyl (C=O) groups is 2. The summed E-state index contributed by atoms with van der Waals surface area (Å²) in [5.41, 5.74) is 0.346. The first-order valence-electron chi connectivity index (χ1n) is 8.25. The first kappa shape index (κ1) is 18.2. The molecule has 0 atom stereocenters. The van der Waals surface area contributed by atoms with Crippen LogP contribution < -0.4 is 5.32 Å². The van der Waals surface area contributed by atoms with Crippen molar-refractivity contribution in [1.82, 2.24) is 9.21 Å². The van der Waals surface area contributed by atoms with Gasteiger partial charge in [0.25, 0.3) is 0 Å². The minimum absolute atomic E-state index is 0.00823. The lowest BCUT2D eigenvalue weighted by molar-refractivity contribution is -0.131. The lowest BCUT2D eigenvalue weighted by Gasteiger charge is -2.18. The number of hydrogen-bond acceptors (Lipinski definition) is 4. The molecule has 0 aromatic heterocycles. The monoisotopic (exact) mass is 385 g/mol. The molecule has 2 aliphatic rings.